The van der Waals surface area contributed by atoms with Crippen LogP contribution in [0.3, 0.4) is 0 Å². The van der Waals surface area contributed by atoms with Gasteiger partial charge in [-0.05, 0) is 50.6 Å². The summed E-state index contributed by atoms with van der Waals surface area (Å²) in [7, 11) is -4.61. The molecule has 0 amide bonds. The van der Waals surface area contributed by atoms with Crippen molar-refractivity contribution in [3.05, 3.63) is 35.5 Å². The molecular weight excluding hydrogens is 274 g/mol. The van der Waals surface area contributed by atoms with Crippen LogP contribution in [0.1, 0.15) is 26.2 Å². The number of nitrogens with one attached hydrogen (secondary N) is 2. The fourth-order valence-electron chi connectivity index (χ4n) is 1.75. The number of hydrogen-bond donors (Lipinski definition) is 2. The van der Waals surface area contributed by atoms with Gasteiger partial charge in [0, 0.05) is 38.7 Å². The van der Waals surface area contributed by atoms with Gasteiger partial charge in [0.2, 0.25) is 10.0 Å². The molecule has 0 spiro atoms. The zero-order valence-electron chi connectivity index (χ0n) is 23.3. The molecule has 2 rings (SSSR count). The molecule has 0 atom stereocenters. The minimum absolute atomic E-state index is 0.00384. The molecule has 2 aromatic rings. The fourth-order valence-corrected chi connectivity index (χ4v) is 2.42. The molecular formula is C14H21N3O2S. The molecule has 0 saturated carbocycles. The van der Waals surface area contributed by atoms with Crippen molar-refractivity contribution in [1.82, 2.24) is 14.6 Å². The molecule has 20 heavy (non-hydrogen) atoms. The van der Waals surface area contributed by atoms with Crippen molar-refractivity contribution in [2.45, 2.75) is 12.1 Å². The summed E-state index contributed by atoms with van der Waals surface area (Å²) in [6, 6.07) is 3.71. The van der Waals surface area contributed by atoms with E-state index in [1.54, 1.807) is 0 Å². The third-order valence-electron chi connectivity index (χ3n) is 2.60. The number of aromatic amines is 1. The highest BCUT2D eigenvalue weighted by atomic mass is 32.2. The zero-order chi connectivity index (χ0) is 25.8. The highest BCUT2D eigenvalue weighted by Gasteiger charge is 2.11. The molecule has 5 nitrogen and oxygen atoms in total. The van der Waals surface area contributed by atoms with Gasteiger partial charge >= 0.3 is 0 Å². The van der Waals surface area contributed by atoms with Gasteiger partial charge in [-0.2, -0.15) is 0 Å². The van der Waals surface area contributed by atoms with Gasteiger partial charge in [-0.3, -0.25) is 0 Å². The number of nitrogens with zero attached hydrogens (tertiary/aromatic N) is 1. The van der Waals surface area contributed by atoms with E-state index in [0.717, 1.165) is 11.2 Å². The van der Waals surface area contributed by atoms with E-state index >= 15 is 0 Å². The monoisotopic (exact) mass is 308 g/mol. The van der Waals surface area contributed by atoms with Crippen LogP contribution < -0.4 is 4.72 Å². The Morgan fingerprint density at radius 2 is 2.40 bits per heavy atom. The molecule has 0 aliphatic rings. The van der Waals surface area contributed by atoms with Gasteiger partial charge in [0.1, 0.15) is 1.41 Å². The lowest BCUT2D eigenvalue weighted by atomic mass is 10.1. The molecule has 110 valence electrons. The van der Waals surface area contributed by atoms with Crippen LogP contribution >= 0.6 is 0 Å². The molecule has 0 aliphatic heterocycles. The Hall–Kier alpha value is -1.37. The Kier molecular flexibility index (Phi) is 1.62. The molecule has 2 N–H and O–H groups in total. The molecule has 1 aromatic carbocycles. The van der Waals surface area contributed by atoms with E-state index in [0.29, 0.717) is 0 Å². The van der Waals surface area contributed by atoms with E-state index in [1.807, 2.05) is 0 Å². The summed E-state index contributed by atoms with van der Waals surface area (Å²) in [6.45, 7) is -10.6. The molecule has 6 heteroatoms. The smallest absolute Gasteiger partial charge is 0.215 e. The number of benzene rings is 1. The van der Waals surface area contributed by atoms with Crippen molar-refractivity contribution in [2.75, 3.05) is 27.5 Å². The van der Waals surface area contributed by atoms with Crippen LogP contribution in [0.5, 0.6) is 0 Å². The van der Waals surface area contributed by atoms with Crippen LogP contribution in [0, 0.1) is 0 Å². The van der Waals surface area contributed by atoms with Gasteiger partial charge in [-0.1, -0.05) is 6.07 Å². The Morgan fingerprint density at radius 3 is 3.15 bits per heavy atom. The second-order valence-corrected chi connectivity index (χ2v) is 5.74. The fraction of sp³-hybridized carbons (Fsp3) is 0.429. The number of likely N-dealkylation sites (N-methyl/N-ethyl adjacent to an activating group) is 1. The van der Waals surface area contributed by atoms with Crippen LogP contribution in [0.2, 0.25) is 2.82 Å². The molecule has 0 unspecified atom stereocenters. The predicted octanol–water partition coefficient (Wildman–Crippen LogP) is 1.32. The van der Waals surface area contributed by atoms with Crippen LogP contribution in [-0.4, -0.2) is 45.8 Å². The summed E-state index contributed by atoms with van der Waals surface area (Å²) < 4.78 is 122. The highest BCUT2D eigenvalue weighted by Crippen LogP contribution is 2.21. The Bertz CT molecular complexity index is 1100. The molecule has 0 radical (unpaired) electrons. The number of H-pyrrole nitrogens is 1. The Labute approximate surface area is 138 Å². The van der Waals surface area contributed by atoms with Crippen LogP contribution in [0.15, 0.2) is 24.4 Å². The van der Waals surface area contributed by atoms with Gasteiger partial charge in [-0.25, -0.2) is 13.1 Å². The first kappa shape index (κ1) is 5.44. The van der Waals surface area contributed by atoms with E-state index in [9.17, 15) is 8.42 Å². The number of hydrogen-bond acceptors (Lipinski definition) is 3. The van der Waals surface area contributed by atoms with E-state index in [2.05, 4.69) is 0 Å². The summed E-state index contributed by atoms with van der Waals surface area (Å²) in [4.78, 5) is 0.796. The number of sulfonamides is 1. The molecule has 0 saturated heterocycles. The van der Waals surface area contributed by atoms with Crippen molar-refractivity contribution in [2.24, 2.45) is 0 Å². The summed E-state index contributed by atoms with van der Waals surface area (Å²) in [6.07, 6.45) is -1.58. The molecule has 0 aliphatic carbocycles. The average molecular weight is 308 g/mol. The maximum Gasteiger partial charge on any atom is 0.215 e. The maximum atomic E-state index is 12.3. The Morgan fingerprint density at radius 1 is 1.55 bits per heavy atom. The normalized spacial score (nSPS) is 24.8. The third kappa shape index (κ3) is 3.59. The van der Waals surface area contributed by atoms with Gasteiger partial charge < -0.3 is 9.88 Å². The molecule has 1 aromatic heterocycles. The van der Waals surface area contributed by atoms with Crippen molar-refractivity contribution < 1.29 is 26.3 Å². The first-order chi connectivity index (χ1) is 14.6. The maximum absolute atomic E-state index is 12.3. The second kappa shape index (κ2) is 5.95. The average Bonchev–Trinajstić information content (AvgIpc) is 2.93. The van der Waals surface area contributed by atoms with Gasteiger partial charge in [0.25, 0.3) is 0 Å². The van der Waals surface area contributed by atoms with Crippen LogP contribution in [-0.2, 0) is 22.1 Å². The number of fused-ring (bicyclic) bond motifs is 1. The van der Waals surface area contributed by atoms with Crippen molar-refractivity contribution >= 4 is 20.9 Å². The lowest BCUT2D eigenvalue weighted by Gasteiger charge is -2.08. The largest absolute Gasteiger partial charge is 0.361 e. The summed E-state index contributed by atoms with van der Waals surface area (Å²) in [5.74, 6) is -0.910. The van der Waals surface area contributed by atoms with Gasteiger partial charge in [0.05, 0.1) is 5.75 Å². The standard InChI is InChI=1S/C14H21N3O2S/c1-15-20(18,19)10-11-4-5-14-13(8-11)12(9-16-14)6-7-17(2)3/h4-5,8-9,15-16H,6-7,10H2,1-3H3/i1D3,2D3,3D3,6D2/hD2. The van der Waals surface area contributed by atoms with E-state index in [-0.39, 0.29) is 26.9 Å². The summed E-state index contributed by atoms with van der Waals surface area (Å²) in [5, 5.41) is 0.00384. The lowest BCUT2D eigenvalue weighted by Crippen LogP contribution is -2.20. The van der Waals surface area contributed by atoms with Crippen molar-refractivity contribution in [3.8, 4) is 0 Å². The van der Waals surface area contributed by atoms with Crippen LogP contribution in [0.4, 0.5) is 0 Å². The third-order valence-corrected chi connectivity index (χ3v) is 3.58. The minimum atomic E-state index is -4.61. The SMILES string of the molecule is [2H]N(C([2H])([2H])[2H])S(=O)(=O)Cc1ccc2c(c1)c(C([2H])([2H])CN(C([2H])([2H])[2H])C([2H])([2H])[2H])cn2[2H]. The van der Waals surface area contributed by atoms with Crippen LogP contribution in [0.25, 0.3) is 10.9 Å². The number of rotatable bonds is 6. The van der Waals surface area contributed by atoms with Crippen molar-refractivity contribution in [3.63, 3.8) is 0 Å². The molecule has 0 fully saturated rings. The van der Waals surface area contributed by atoms with E-state index in [1.165, 1.54) is 18.2 Å². The first-order valence-corrected chi connectivity index (χ1v) is 7.12. The minimum Gasteiger partial charge on any atom is -0.361 e. The second-order valence-electron chi connectivity index (χ2n) is 4.10. The lowest BCUT2D eigenvalue weighted by molar-refractivity contribution is 0.414. The highest BCUT2D eigenvalue weighted by molar-refractivity contribution is 7.88. The Balaban J connectivity index is 2.54. The quantitative estimate of drug-likeness (QED) is 0.846. The number of aromatic nitrogens is 1. The zero-order valence-corrected chi connectivity index (χ0v) is 11.1. The summed E-state index contributed by atoms with van der Waals surface area (Å²) in [5.41, 5.74) is -0.164. The van der Waals surface area contributed by atoms with Crippen molar-refractivity contribution in [1.29, 1.82) is 0 Å². The topological polar surface area (TPSA) is 65.2 Å². The van der Waals surface area contributed by atoms with E-state index in [4.69, 9.17) is 17.9 Å². The first-order valence-electron chi connectivity index (χ1n) is 11.9. The predicted molar refractivity (Wildman–Crippen MR) is 82.2 cm³/mol. The summed E-state index contributed by atoms with van der Waals surface area (Å²) >= 11 is 0. The van der Waals surface area contributed by atoms with Gasteiger partial charge in [-0.15, -0.1) is 0 Å². The molecule has 0 bridgehead atoms. The van der Waals surface area contributed by atoms with Gasteiger partial charge in [0.15, 0.2) is 1.41 Å². The van der Waals surface area contributed by atoms with E-state index < -0.39 is 54.3 Å². The molecule has 1 heterocycles.